The molecule has 0 aliphatic rings. The highest BCUT2D eigenvalue weighted by Gasteiger charge is 2.07. The lowest BCUT2D eigenvalue weighted by molar-refractivity contribution is 0.626. The van der Waals surface area contributed by atoms with Crippen molar-refractivity contribution in [3.63, 3.8) is 0 Å². The first-order valence-corrected chi connectivity index (χ1v) is 6.48. The fourth-order valence-corrected chi connectivity index (χ4v) is 2.59. The zero-order valence-corrected chi connectivity index (χ0v) is 11.3. The van der Waals surface area contributed by atoms with Crippen LogP contribution in [0.2, 0.25) is 0 Å². The van der Waals surface area contributed by atoms with E-state index < -0.39 is 0 Å². The van der Waals surface area contributed by atoms with Crippen LogP contribution in [-0.4, -0.2) is 9.55 Å². The fourth-order valence-electron chi connectivity index (χ4n) is 2.33. The zero-order chi connectivity index (χ0) is 13.4. The van der Waals surface area contributed by atoms with E-state index in [0.717, 1.165) is 16.6 Å². The summed E-state index contributed by atoms with van der Waals surface area (Å²) < 4.78 is 15.7. The van der Waals surface area contributed by atoms with Crippen LogP contribution in [-0.2, 0) is 6.54 Å². The average molecular weight is 272 g/mol. The van der Waals surface area contributed by atoms with Gasteiger partial charge in [0.05, 0.1) is 17.6 Å². The van der Waals surface area contributed by atoms with Gasteiger partial charge in [0.15, 0.2) is 4.77 Å². The molecule has 0 radical (unpaired) electrons. The molecule has 1 heterocycles. The number of para-hydroxylation sites is 1. The van der Waals surface area contributed by atoms with Crippen LogP contribution in [0.1, 0.15) is 11.1 Å². The molecule has 0 saturated carbocycles. The van der Waals surface area contributed by atoms with Crippen molar-refractivity contribution in [1.29, 1.82) is 0 Å². The highest BCUT2D eigenvalue weighted by atomic mass is 32.1. The number of aromatic nitrogens is 2. The number of aromatic amines is 1. The van der Waals surface area contributed by atoms with Crippen molar-refractivity contribution in [2.24, 2.45) is 0 Å². The van der Waals surface area contributed by atoms with Gasteiger partial charge in [-0.15, -0.1) is 0 Å². The normalized spacial score (nSPS) is 11.1. The Hall–Kier alpha value is -1.94. The third-order valence-electron chi connectivity index (χ3n) is 3.25. The molecule has 0 aliphatic heterocycles. The highest BCUT2D eigenvalue weighted by Crippen LogP contribution is 2.19. The third kappa shape index (κ3) is 2.19. The largest absolute Gasteiger partial charge is 0.331 e. The second-order valence-electron chi connectivity index (χ2n) is 4.61. The minimum Gasteiger partial charge on any atom is -0.331 e. The lowest BCUT2D eigenvalue weighted by Gasteiger charge is -2.06. The van der Waals surface area contributed by atoms with E-state index in [4.69, 9.17) is 12.2 Å². The quantitative estimate of drug-likeness (QED) is 0.694. The summed E-state index contributed by atoms with van der Waals surface area (Å²) in [6, 6.07) is 12.6. The van der Waals surface area contributed by atoms with E-state index in [9.17, 15) is 4.39 Å². The van der Waals surface area contributed by atoms with Gasteiger partial charge in [0, 0.05) is 0 Å². The Bertz CT molecular complexity index is 784. The molecule has 96 valence electrons. The maximum absolute atomic E-state index is 12.9. The summed E-state index contributed by atoms with van der Waals surface area (Å²) in [4.78, 5) is 3.20. The number of aryl methyl sites for hydroxylation is 1. The maximum Gasteiger partial charge on any atom is 0.178 e. The molecule has 3 rings (SSSR count). The van der Waals surface area contributed by atoms with E-state index in [1.165, 1.54) is 17.7 Å². The number of benzene rings is 2. The van der Waals surface area contributed by atoms with Crippen molar-refractivity contribution >= 4 is 23.3 Å². The predicted octanol–water partition coefficient (Wildman–Crippen LogP) is 4.19. The van der Waals surface area contributed by atoms with Crippen molar-refractivity contribution in [2.45, 2.75) is 13.5 Å². The molecule has 0 unspecified atom stereocenters. The molecule has 2 aromatic carbocycles. The number of fused-ring (bicyclic) bond motifs is 1. The highest BCUT2D eigenvalue weighted by molar-refractivity contribution is 7.71. The van der Waals surface area contributed by atoms with Gasteiger partial charge in [0.25, 0.3) is 0 Å². The SMILES string of the molecule is Cc1cccc2[nH]c(=S)n(Cc3ccc(F)cc3)c12. The van der Waals surface area contributed by atoms with Gasteiger partial charge in [-0.2, -0.15) is 0 Å². The number of hydrogen-bond donors (Lipinski definition) is 1. The van der Waals surface area contributed by atoms with E-state index in [-0.39, 0.29) is 5.82 Å². The molecule has 0 amide bonds. The van der Waals surface area contributed by atoms with E-state index in [1.807, 2.05) is 16.7 Å². The standard InChI is InChI=1S/C15H13FN2S/c1-10-3-2-4-13-14(10)18(15(19)17-13)9-11-5-7-12(16)8-6-11/h2-8H,9H2,1H3,(H,17,19). The first kappa shape index (κ1) is 12.1. The smallest absolute Gasteiger partial charge is 0.178 e. The molecule has 0 aliphatic carbocycles. The first-order valence-electron chi connectivity index (χ1n) is 6.08. The Morgan fingerprint density at radius 2 is 1.89 bits per heavy atom. The Labute approximate surface area is 115 Å². The van der Waals surface area contributed by atoms with Crippen LogP contribution in [0.5, 0.6) is 0 Å². The lowest BCUT2D eigenvalue weighted by atomic mass is 10.2. The Morgan fingerprint density at radius 1 is 1.16 bits per heavy atom. The maximum atomic E-state index is 12.9. The Morgan fingerprint density at radius 3 is 2.63 bits per heavy atom. The van der Waals surface area contributed by atoms with Crippen LogP contribution in [0.4, 0.5) is 4.39 Å². The Kier molecular flexibility index (Phi) is 2.95. The third-order valence-corrected chi connectivity index (χ3v) is 3.57. The van der Waals surface area contributed by atoms with E-state index >= 15 is 0 Å². The molecule has 0 fully saturated rings. The van der Waals surface area contributed by atoms with Crippen LogP contribution in [0.25, 0.3) is 11.0 Å². The summed E-state index contributed by atoms with van der Waals surface area (Å²) in [7, 11) is 0. The monoisotopic (exact) mass is 272 g/mol. The van der Waals surface area contributed by atoms with Crippen molar-refractivity contribution in [3.8, 4) is 0 Å². The first-order chi connectivity index (χ1) is 9.15. The number of rotatable bonds is 2. The van der Waals surface area contributed by atoms with Gasteiger partial charge in [-0.05, 0) is 48.5 Å². The van der Waals surface area contributed by atoms with Crippen molar-refractivity contribution in [2.75, 3.05) is 0 Å². The number of H-pyrrole nitrogens is 1. The van der Waals surface area contributed by atoms with Gasteiger partial charge < -0.3 is 9.55 Å². The zero-order valence-electron chi connectivity index (χ0n) is 10.5. The summed E-state index contributed by atoms with van der Waals surface area (Å²) in [5.74, 6) is -0.220. The molecule has 19 heavy (non-hydrogen) atoms. The van der Waals surface area contributed by atoms with Crippen LogP contribution in [0.3, 0.4) is 0 Å². The summed E-state index contributed by atoms with van der Waals surface area (Å²) in [6.07, 6.45) is 0. The van der Waals surface area contributed by atoms with E-state index in [0.29, 0.717) is 11.3 Å². The number of halogens is 1. The number of hydrogen-bond acceptors (Lipinski definition) is 1. The molecule has 2 nitrogen and oxygen atoms in total. The van der Waals surface area contributed by atoms with Crippen molar-refractivity contribution < 1.29 is 4.39 Å². The molecule has 0 atom stereocenters. The van der Waals surface area contributed by atoms with Gasteiger partial charge in [0.2, 0.25) is 0 Å². The fraction of sp³-hybridized carbons (Fsp3) is 0.133. The molecule has 0 saturated heterocycles. The minimum absolute atomic E-state index is 0.220. The number of nitrogens with one attached hydrogen (secondary N) is 1. The molecule has 1 aromatic heterocycles. The minimum atomic E-state index is -0.220. The van der Waals surface area contributed by atoms with E-state index in [2.05, 4.69) is 18.0 Å². The second-order valence-corrected chi connectivity index (χ2v) is 5.00. The van der Waals surface area contributed by atoms with Gasteiger partial charge in [-0.25, -0.2) is 4.39 Å². The molecular weight excluding hydrogens is 259 g/mol. The van der Waals surface area contributed by atoms with Gasteiger partial charge in [-0.1, -0.05) is 24.3 Å². The summed E-state index contributed by atoms with van der Waals surface area (Å²) >= 11 is 5.37. The Balaban J connectivity index is 2.12. The van der Waals surface area contributed by atoms with Crippen LogP contribution >= 0.6 is 12.2 Å². The van der Waals surface area contributed by atoms with Crippen LogP contribution in [0.15, 0.2) is 42.5 Å². The van der Waals surface area contributed by atoms with Gasteiger partial charge in [0.1, 0.15) is 5.82 Å². The van der Waals surface area contributed by atoms with Gasteiger partial charge >= 0.3 is 0 Å². The molecule has 0 spiro atoms. The van der Waals surface area contributed by atoms with Crippen LogP contribution < -0.4 is 0 Å². The lowest BCUT2D eigenvalue weighted by Crippen LogP contribution is -2.00. The number of imidazole rings is 1. The average Bonchev–Trinajstić information content (AvgIpc) is 2.70. The molecule has 0 bridgehead atoms. The predicted molar refractivity (Wildman–Crippen MR) is 77.4 cm³/mol. The van der Waals surface area contributed by atoms with E-state index in [1.54, 1.807) is 12.1 Å². The van der Waals surface area contributed by atoms with Crippen LogP contribution in [0, 0.1) is 17.5 Å². The van der Waals surface area contributed by atoms with Crippen molar-refractivity contribution in [1.82, 2.24) is 9.55 Å². The topological polar surface area (TPSA) is 20.7 Å². The molecule has 4 heteroatoms. The summed E-state index contributed by atoms with van der Waals surface area (Å²) in [5.41, 5.74) is 4.34. The van der Waals surface area contributed by atoms with Gasteiger partial charge in [-0.3, -0.25) is 0 Å². The summed E-state index contributed by atoms with van der Waals surface area (Å²) in [5, 5.41) is 0. The van der Waals surface area contributed by atoms with Crippen molar-refractivity contribution in [3.05, 3.63) is 64.2 Å². The number of nitrogens with zero attached hydrogens (tertiary/aromatic N) is 1. The second kappa shape index (κ2) is 4.63. The molecule has 3 aromatic rings. The molecule has 1 N–H and O–H groups in total. The molecular formula is C15H13FN2S. The summed E-state index contributed by atoms with van der Waals surface area (Å²) in [6.45, 7) is 2.70.